The summed E-state index contributed by atoms with van der Waals surface area (Å²) in [5, 5.41) is 5.70. The first kappa shape index (κ1) is 21.2. The van der Waals surface area contributed by atoms with Crippen LogP contribution in [0.4, 0.5) is 0 Å². The van der Waals surface area contributed by atoms with Crippen molar-refractivity contribution in [3.63, 3.8) is 0 Å². The molecule has 1 fully saturated rings. The molecule has 0 aromatic carbocycles. The number of carbonyl (C=O) groups is 2. The van der Waals surface area contributed by atoms with Crippen LogP contribution in [0.2, 0.25) is 0 Å². The van der Waals surface area contributed by atoms with Gasteiger partial charge in [0.2, 0.25) is 11.8 Å². The van der Waals surface area contributed by atoms with Crippen molar-refractivity contribution in [2.24, 2.45) is 23.5 Å². The topological polar surface area (TPSA) is 84.2 Å². The minimum absolute atomic E-state index is 0. The van der Waals surface area contributed by atoms with Crippen molar-refractivity contribution in [3.8, 4) is 0 Å². The van der Waals surface area contributed by atoms with E-state index in [9.17, 15) is 9.59 Å². The summed E-state index contributed by atoms with van der Waals surface area (Å²) in [6.45, 7) is 8.21. The SMILES string of the molecule is CC(C)C1CCCCC1NC(=O)CNC(=O)[C@@H](N)C(C)C.Cl. The lowest BCUT2D eigenvalue weighted by molar-refractivity contribution is -0.128. The monoisotopic (exact) mass is 333 g/mol. The van der Waals surface area contributed by atoms with Gasteiger partial charge < -0.3 is 16.4 Å². The highest BCUT2D eigenvalue weighted by molar-refractivity contribution is 5.87. The molecule has 5 nitrogen and oxygen atoms in total. The Morgan fingerprint density at radius 1 is 1.14 bits per heavy atom. The normalized spacial score (nSPS) is 22.9. The molecular formula is C16H32ClN3O2. The summed E-state index contributed by atoms with van der Waals surface area (Å²) in [5.41, 5.74) is 5.75. The number of hydrogen-bond donors (Lipinski definition) is 3. The summed E-state index contributed by atoms with van der Waals surface area (Å²) >= 11 is 0. The number of hydrogen-bond acceptors (Lipinski definition) is 3. The summed E-state index contributed by atoms with van der Waals surface area (Å²) in [4.78, 5) is 23.7. The van der Waals surface area contributed by atoms with Crippen molar-refractivity contribution in [1.29, 1.82) is 0 Å². The van der Waals surface area contributed by atoms with Crippen LogP contribution in [-0.2, 0) is 9.59 Å². The largest absolute Gasteiger partial charge is 0.352 e. The highest BCUT2D eigenvalue weighted by Crippen LogP contribution is 2.30. The van der Waals surface area contributed by atoms with Crippen LogP contribution in [-0.4, -0.2) is 30.4 Å². The first-order valence-corrected chi connectivity index (χ1v) is 8.15. The zero-order valence-corrected chi connectivity index (χ0v) is 15.0. The van der Waals surface area contributed by atoms with Crippen LogP contribution in [0.3, 0.4) is 0 Å². The van der Waals surface area contributed by atoms with E-state index in [1.807, 2.05) is 13.8 Å². The van der Waals surface area contributed by atoms with Crippen molar-refractivity contribution in [2.75, 3.05) is 6.54 Å². The predicted octanol–water partition coefficient (Wildman–Crippen LogP) is 1.84. The second-order valence-corrected chi connectivity index (χ2v) is 6.85. The maximum atomic E-state index is 12.0. The fourth-order valence-corrected chi connectivity index (χ4v) is 2.98. The Kier molecular flexibility index (Phi) is 9.69. The van der Waals surface area contributed by atoms with Crippen LogP contribution in [0.25, 0.3) is 0 Å². The van der Waals surface area contributed by atoms with E-state index in [1.165, 1.54) is 19.3 Å². The maximum Gasteiger partial charge on any atom is 0.239 e. The van der Waals surface area contributed by atoms with Crippen molar-refractivity contribution >= 4 is 24.2 Å². The molecule has 1 aliphatic carbocycles. The lowest BCUT2D eigenvalue weighted by atomic mass is 9.78. The lowest BCUT2D eigenvalue weighted by Gasteiger charge is -2.35. The van der Waals surface area contributed by atoms with E-state index >= 15 is 0 Å². The average molecular weight is 334 g/mol. The number of nitrogens with one attached hydrogen (secondary N) is 2. The molecule has 0 saturated heterocycles. The van der Waals surface area contributed by atoms with Gasteiger partial charge in [0.1, 0.15) is 0 Å². The minimum Gasteiger partial charge on any atom is -0.352 e. The van der Waals surface area contributed by atoms with Gasteiger partial charge in [0.05, 0.1) is 12.6 Å². The van der Waals surface area contributed by atoms with Gasteiger partial charge in [-0.3, -0.25) is 9.59 Å². The van der Waals surface area contributed by atoms with Crippen molar-refractivity contribution in [2.45, 2.75) is 65.5 Å². The fourth-order valence-electron chi connectivity index (χ4n) is 2.98. The molecule has 1 aliphatic rings. The molecule has 130 valence electrons. The molecule has 0 aromatic rings. The average Bonchev–Trinajstić information content (AvgIpc) is 2.44. The standard InChI is InChI=1S/C16H31N3O2.ClH/c1-10(2)12-7-5-6-8-13(12)19-14(20)9-18-16(21)15(17)11(3)4;/h10-13,15H,5-9,17H2,1-4H3,(H,18,21)(H,19,20);1H/t12?,13?,15-;/m0./s1. The summed E-state index contributed by atoms with van der Waals surface area (Å²) in [6.07, 6.45) is 4.62. The molecule has 6 heteroatoms. The molecule has 0 radical (unpaired) electrons. The first-order chi connectivity index (χ1) is 9.82. The second-order valence-electron chi connectivity index (χ2n) is 6.85. The van der Waals surface area contributed by atoms with Gasteiger partial charge in [-0.15, -0.1) is 12.4 Å². The Hall–Kier alpha value is -0.810. The van der Waals surface area contributed by atoms with Crippen LogP contribution in [0, 0.1) is 17.8 Å². The Morgan fingerprint density at radius 3 is 2.27 bits per heavy atom. The smallest absolute Gasteiger partial charge is 0.239 e. The molecule has 2 unspecified atom stereocenters. The molecule has 0 aliphatic heterocycles. The van der Waals surface area contributed by atoms with Crippen molar-refractivity contribution in [3.05, 3.63) is 0 Å². The minimum atomic E-state index is -0.559. The molecule has 0 heterocycles. The molecule has 22 heavy (non-hydrogen) atoms. The van der Waals surface area contributed by atoms with Gasteiger partial charge in [-0.25, -0.2) is 0 Å². The summed E-state index contributed by atoms with van der Waals surface area (Å²) < 4.78 is 0. The maximum absolute atomic E-state index is 12.0. The number of amides is 2. The zero-order valence-electron chi connectivity index (χ0n) is 14.2. The van der Waals surface area contributed by atoms with Crippen molar-refractivity contribution in [1.82, 2.24) is 10.6 Å². The van der Waals surface area contributed by atoms with Crippen LogP contribution in [0.1, 0.15) is 53.4 Å². The third-order valence-electron chi connectivity index (χ3n) is 4.47. The van der Waals surface area contributed by atoms with Crippen LogP contribution in [0.15, 0.2) is 0 Å². The van der Waals surface area contributed by atoms with Gasteiger partial charge in [0, 0.05) is 6.04 Å². The van der Waals surface area contributed by atoms with Crippen LogP contribution >= 0.6 is 12.4 Å². The van der Waals surface area contributed by atoms with E-state index in [1.54, 1.807) is 0 Å². The van der Waals surface area contributed by atoms with E-state index in [0.717, 1.165) is 6.42 Å². The predicted molar refractivity (Wildman–Crippen MR) is 91.8 cm³/mol. The number of carbonyl (C=O) groups excluding carboxylic acids is 2. The van der Waals surface area contributed by atoms with Gasteiger partial charge >= 0.3 is 0 Å². The molecule has 1 saturated carbocycles. The van der Waals surface area contributed by atoms with Gasteiger partial charge in [-0.1, -0.05) is 40.5 Å². The summed E-state index contributed by atoms with van der Waals surface area (Å²) in [5.74, 6) is 0.800. The number of rotatable bonds is 6. The Balaban J connectivity index is 0.00000441. The molecule has 2 amide bonds. The van der Waals surface area contributed by atoms with E-state index in [-0.39, 0.29) is 42.7 Å². The molecule has 4 N–H and O–H groups in total. The zero-order chi connectivity index (χ0) is 16.0. The second kappa shape index (κ2) is 10.1. The van der Waals surface area contributed by atoms with Crippen molar-refractivity contribution < 1.29 is 9.59 Å². The third kappa shape index (κ3) is 6.53. The molecule has 0 aromatic heterocycles. The van der Waals surface area contributed by atoms with Gasteiger partial charge in [-0.05, 0) is 30.6 Å². The molecule has 1 rings (SSSR count). The molecule has 0 spiro atoms. The van der Waals surface area contributed by atoms with Gasteiger partial charge in [0.15, 0.2) is 0 Å². The van der Waals surface area contributed by atoms with Gasteiger partial charge in [0.25, 0.3) is 0 Å². The number of halogens is 1. The highest BCUT2D eigenvalue weighted by atomic mass is 35.5. The number of nitrogens with two attached hydrogens (primary N) is 1. The molecular weight excluding hydrogens is 302 g/mol. The van der Waals surface area contributed by atoms with E-state index < -0.39 is 6.04 Å². The summed E-state index contributed by atoms with van der Waals surface area (Å²) in [6, 6.07) is -0.321. The first-order valence-electron chi connectivity index (χ1n) is 8.15. The molecule has 3 atom stereocenters. The fraction of sp³-hybridized carbons (Fsp3) is 0.875. The van der Waals surface area contributed by atoms with E-state index in [2.05, 4.69) is 24.5 Å². The lowest BCUT2D eigenvalue weighted by Crippen LogP contribution is -2.50. The Labute approximate surface area is 140 Å². The summed E-state index contributed by atoms with van der Waals surface area (Å²) in [7, 11) is 0. The Bertz CT molecular complexity index is 361. The Morgan fingerprint density at radius 2 is 1.73 bits per heavy atom. The van der Waals surface area contributed by atoms with Crippen LogP contribution in [0.5, 0.6) is 0 Å². The molecule has 0 bridgehead atoms. The third-order valence-corrected chi connectivity index (χ3v) is 4.47. The van der Waals surface area contributed by atoms with E-state index in [4.69, 9.17) is 5.73 Å². The van der Waals surface area contributed by atoms with Gasteiger partial charge in [-0.2, -0.15) is 0 Å². The highest BCUT2D eigenvalue weighted by Gasteiger charge is 2.28. The quantitative estimate of drug-likeness (QED) is 0.693. The van der Waals surface area contributed by atoms with Crippen LogP contribution < -0.4 is 16.4 Å². The van der Waals surface area contributed by atoms with E-state index in [0.29, 0.717) is 11.8 Å².